The Morgan fingerprint density at radius 3 is 2.90 bits per heavy atom. The van der Waals surface area contributed by atoms with Crippen molar-refractivity contribution in [2.45, 2.75) is 19.3 Å². The highest BCUT2D eigenvalue weighted by Gasteiger charge is 2.37. The molecule has 4 nitrogen and oxygen atoms in total. The Labute approximate surface area is 124 Å². The first-order chi connectivity index (χ1) is 10.1. The number of rotatable bonds is 5. The second-order valence-electron chi connectivity index (χ2n) is 5.71. The van der Waals surface area contributed by atoms with Gasteiger partial charge in [-0.05, 0) is 31.4 Å². The van der Waals surface area contributed by atoms with Crippen molar-refractivity contribution in [2.24, 2.45) is 5.41 Å². The molecule has 1 aromatic rings. The summed E-state index contributed by atoms with van der Waals surface area (Å²) >= 11 is 0. The van der Waals surface area contributed by atoms with Crippen LogP contribution in [0.3, 0.4) is 0 Å². The number of halogens is 1. The van der Waals surface area contributed by atoms with Crippen LogP contribution < -0.4 is 0 Å². The average Bonchev–Trinajstić information content (AvgIpc) is 2.53. The Kier molecular flexibility index (Phi) is 5.31. The maximum absolute atomic E-state index is 13.8. The summed E-state index contributed by atoms with van der Waals surface area (Å²) in [6, 6.07) is 6.02. The Morgan fingerprint density at radius 2 is 2.24 bits per heavy atom. The minimum atomic E-state index is -0.500. The molecule has 1 aliphatic heterocycles. The van der Waals surface area contributed by atoms with E-state index in [-0.39, 0.29) is 23.5 Å². The van der Waals surface area contributed by atoms with Crippen molar-refractivity contribution < 1.29 is 19.0 Å². The maximum atomic E-state index is 13.8. The van der Waals surface area contributed by atoms with Crippen LogP contribution in [-0.2, 0) is 4.74 Å². The minimum absolute atomic E-state index is 0.0113. The summed E-state index contributed by atoms with van der Waals surface area (Å²) in [6.45, 7) is 1.60. The molecule has 0 saturated carbocycles. The molecule has 1 saturated heterocycles. The van der Waals surface area contributed by atoms with Crippen molar-refractivity contribution in [3.05, 3.63) is 35.6 Å². The molecule has 1 aromatic carbocycles. The zero-order valence-corrected chi connectivity index (χ0v) is 12.3. The van der Waals surface area contributed by atoms with E-state index in [2.05, 4.69) is 0 Å². The van der Waals surface area contributed by atoms with Crippen molar-refractivity contribution in [1.82, 2.24) is 4.90 Å². The van der Waals surface area contributed by atoms with Gasteiger partial charge in [0.2, 0.25) is 0 Å². The third kappa shape index (κ3) is 3.60. The lowest BCUT2D eigenvalue weighted by Crippen LogP contribution is -2.48. The van der Waals surface area contributed by atoms with E-state index in [0.717, 1.165) is 12.8 Å². The number of carbonyl (C=O) groups is 1. The minimum Gasteiger partial charge on any atom is -0.396 e. The van der Waals surface area contributed by atoms with Crippen molar-refractivity contribution in [3.8, 4) is 0 Å². The van der Waals surface area contributed by atoms with Crippen molar-refractivity contribution in [3.63, 3.8) is 0 Å². The topological polar surface area (TPSA) is 49.8 Å². The fourth-order valence-corrected chi connectivity index (χ4v) is 2.92. The van der Waals surface area contributed by atoms with Crippen LogP contribution in [0.25, 0.3) is 0 Å². The first-order valence-corrected chi connectivity index (χ1v) is 7.25. The van der Waals surface area contributed by atoms with Crippen LogP contribution in [0.15, 0.2) is 24.3 Å². The molecule has 1 heterocycles. The Bertz CT molecular complexity index is 494. The molecule has 1 atom stereocenters. The molecular formula is C16H22FNO3. The number of amides is 1. The molecule has 0 spiro atoms. The number of nitrogens with zero attached hydrogens (tertiary/aromatic N) is 1. The second-order valence-corrected chi connectivity index (χ2v) is 5.71. The molecule has 116 valence electrons. The summed E-state index contributed by atoms with van der Waals surface area (Å²) in [5.74, 6) is -0.803. The first kappa shape index (κ1) is 15.9. The van der Waals surface area contributed by atoms with Gasteiger partial charge < -0.3 is 14.7 Å². The molecular weight excluding hydrogens is 273 g/mol. The highest BCUT2D eigenvalue weighted by molar-refractivity contribution is 5.94. The predicted octanol–water partition coefficient (Wildman–Crippen LogP) is 2.08. The van der Waals surface area contributed by atoms with Gasteiger partial charge in [0.15, 0.2) is 0 Å². The predicted molar refractivity (Wildman–Crippen MR) is 77.5 cm³/mol. The number of aliphatic hydroxyl groups excluding tert-OH is 1. The van der Waals surface area contributed by atoms with Gasteiger partial charge in [-0.15, -0.1) is 0 Å². The fraction of sp³-hybridized carbons (Fsp3) is 0.562. The van der Waals surface area contributed by atoms with Crippen LogP contribution in [0.4, 0.5) is 4.39 Å². The molecule has 1 fully saturated rings. The van der Waals surface area contributed by atoms with E-state index in [1.54, 1.807) is 24.1 Å². The maximum Gasteiger partial charge on any atom is 0.256 e. The first-order valence-electron chi connectivity index (χ1n) is 7.25. The number of benzene rings is 1. The standard InChI is InChI=1S/C16H22FNO3/c1-21-10-8-16(12-19)7-4-9-18(11-16)15(20)13-5-2-3-6-14(13)17/h2-3,5-6,19H,4,7-12H2,1H3. The van der Waals surface area contributed by atoms with Gasteiger partial charge in [0.05, 0.1) is 12.2 Å². The number of carbonyl (C=O) groups excluding carboxylic acids is 1. The molecule has 1 N–H and O–H groups in total. The summed E-state index contributed by atoms with van der Waals surface area (Å²) in [7, 11) is 1.62. The molecule has 0 bridgehead atoms. The van der Waals surface area contributed by atoms with E-state index in [9.17, 15) is 14.3 Å². The smallest absolute Gasteiger partial charge is 0.256 e. The lowest BCUT2D eigenvalue weighted by Gasteiger charge is -2.41. The summed E-state index contributed by atoms with van der Waals surface area (Å²) in [6.07, 6.45) is 2.36. The van der Waals surface area contributed by atoms with E-state index in [4.69, 9.17) is 4.74 Å². The highest BCUT2D eigenvalue weighted by atomic mass is 19.1. The van der Waals surface area contributed by atoms with Gasteiger partial charge in [-0.2, -0.15) is 0 Å². The molecule has 0 aliphatic carbocycles. The number of methoxy groups -OCH3 is 1. The van der Waals surface area contributed by atoms with Gasteiger partial charge in [-0.3, -0.25) is 4.79 Å². The average molecular weight is 295 g/mol. The number of aliphatic hydroxyl groups is 1. The SMILES string of the molecule is COCCC1(CO)CCCN(C(=O)c2ccccc2F)C1. The largest absolute Gasteiger partial charge is 0.396 e. The van der Waals surface area contributed by atoms with Crippen molar-refractivity contribution >= 4 is 5.91 Å². The normalized spacial score (nSPS) is 22.3. The molecule has 21 heavy (non-hydrogen) atoms. The molecule has 1 aliphatic rings. The van der Waals surface area contributed by atoms with Crippen molar-refractivity contribution in [1.29, 1.82) is 0 Å². The van der Waals surface area contributed by atoms with E-state index in [1.807, 2.05) is 0 Å². The zero-order valence-electron chi connectivity index (χ0n) is 12.3. The number of hydrogen-bond acceptors (Lipinski definition) is 3. The zero-order chi connectivity index (χ0) is 15.3. The quantitative estimate of drug-likeness (QED) is 0.905. The van der Waals surface area contributed by atoms with Crippen LogP contribution in [0.2, 0.25) is 0 Å². The molecule has 0 aromatic heterocycles. The third-order valence-electron chi connectivity index (χ3n) is 4.22. The van der Waals surface area contributed by atoms with Crippen molar-refractivity contribution in [2.75, 3.05) is 33.4 Å². The van der Waals surface area contributed by atoms with Crippen LogP contribution in [0.1, 0.15) is 29.6 Å². The monoisotopic (exact) mass is 295 g/mol. The fourth-order valence-electron chi connectivity index (χ4n) is 2.92. The van der Waals surface area contributed by atoms with Gasteiger partial charge in [-0.1, -0.05) is 12.1 Å². The van der Waals surface area contributed by atoms with Gasteiger partial charge in [0.1, 0.15) is 5.82 Å². The summed E-state index contributed by atoms with van der Waals surface area (Å²) in [5, 5.41) is 9.73. The third-order valence-corrected chi connectivity index (χ3v) is 4.22. The highest BCUT2D eigenvalue weighted by Crippen LogP contribution is 2.33. The molecule has 5 heteroatoms. The number of piperidine rings is 1. The van der Waals surface area contributed by atoms with Gasteiger partial charge in [-0.25, -0.2) is 4.39 Å². The summed E-state index contributed by atoms with van der Waals surface area (Å²) in [4.78, 5) is 14.1. The second kappa shape index (κ2) is 7.00. The molecule has 1 amide bonds. The Morgan fingerprint density at radius 1 is 1.48 bits per heavy atom. The van der Waals surface area contributed by atoms with Crippen LogP contribution >= 0.6 is 0 Å². The van der Waals surface area contributed by atoms with E-state index < -0.39 is 5.82 Å². The van der Waals surface area contributed by atoms with Crippen LogP contribution in [0, 0.1) is 11.2 Å². The molecule has 1 unspecified atom stereocenters. The van der Waals surface area contributed by atoms with Crippen LogP contribution in [-0.4, -0.2) is 49.3 Å². The Balaban J connectivity index is 2.13. The van der Waals surface area contributed by atoms with E-state index in [1.165, 1.54) is 12.1 Å². The lowest BCUT2D eigenvalue weighted by molar-refractivity contribution is 0.00880. The summed E-state index contributed by atoms with van der Waals surface area (Å²) < 4.78 is 18.9. The van der Waals surface area contributed by atoms with E-state index in [0.29, 0.717) is 26.1 Å². The van der Waals surface area contributed by atoms with Crippen LogP contribution in [0.5, 0.6) is 0 Å². The van der Waals surface area contributed by atoms with E-state index >= 15 is 0 Å². The number of likely N-dealkylation sites (tertiary alicyclic amines) is 1. The summed E-state index contributed by atoms with van der Waals surface area (Å²) in [5.41, 5.74) is -0.243. The molecule has 0 radical (unpaired) electrons. The van der Waals surface area contributed by atoms with Gasteiger partial charge in [0, 0.05) is 32.2 Å². The number of ether oxygens (including phenoxy) is 1. The lowest BCUT2D eigenvalue weighted by atomic mass is 9.78. The number of hydrogen-bond donors (Lipinski definition) is 1. The molecule has 2 rings (SSSR count). The Hall–Kier alpha value is -1.46. The van der Waals surface area contributed by atoms with Gasteiger partial charge >= 0.3 is 0 Å². The van der Waals surface area contributed by atoms with Gasteiger partial charge in [0.25, 0.3) is 5.91 Å².